The van der Waals surface area contributed by atoms with Crippen LogP contribution < -0.4 is 10.6 Å². The molecule has 3 rings (SSSR count). The fourth-order valence-electron chi connectivity index (χ4n) is 1.98. The van der Waals surface area contributed by atoms with Crippen molar-refractivity contribution in [1.29, 1.82) is 0 Å². The summed E-state index contributed by atoms with van der Waals surface area (Å²) in [5.74, 6) is 0.0276. The van der Waals surface area contributed by atoms with Crippen LogP contribution in [0.25, 0.3) is 0 Å². The number of pyridine rings is 1. The molecule has 0 fully saturated rings. The lowest BCUT2D eigenvalue weighted by molar-refractivity contribution is 0.0996. The Hall–Kier alpha value is -3.08. The molecule has 3 aromatic rings. The number of carbonyl (C=O) groups is 1. The molecule has 2 heterocycles. The van der Waals surface area contributed by atoms with E-state index in [1.165, 1.54) is 6.26 Å². The van der Waals surface area contributed by atoms with Crippen LogP contribution in [0.3, 0.4) is 0 Å². The first-order chi connectivity index (χ1) is 10.8. The number of amides is 1. The van der Waals surface area contributed by atoms with Crippen LogP contribution in [-0.2, 0) is 6.54 Å². The molecule has 0 unspecified atom stereocenters. The van der Waals surface area contributed by atoms with Gasteiger partial charge in [0.25, 0.3) is 5.91 Å². The van der Waals surface area contributed by atoms with Gasteiger partial charge in [0.2, 0.25) is 0 Å². The van der Waals surface area contributed by atoms with Crippen molar-refractivity contribution in [1.82, 2.24) is 4.98 Å². The molecule has 0 bridgehead atoms. The van der Waals surface area contributed by atoms with E-state index in [-0.39, 0.29) is 5.91 Å². The van der Waals surface area contributed by atoms with Gasteiger partial charge in [0.15, 0.2) is 5.76 Å². The van der Waals surface area contributed by atoms with E-state index >= 15 is 0 Å². The smallest absolute Gasteiger partial charge is 0.291 e. The lowest BCUT2D eigenvalue weighted by Gasteiger charge is -2.08. The monoisotopic (exact) mass is 293 g/mol. The van der Waals surface area contributed by atoms with Gasteiger partial charge in [-0.15, -0.1) is 0 Å². The minimum Gasteiger partial charge on any atom is -0.459 e. The van der Waals surface area contributed by atoms with Crippen molar-refractivity contribution in [3.05, 3.63) is 78.5 Å². The van der Waals surface area contributed by atoms with E-state index in [9.17, 15) is 4.79 Å². The van der Waals surface area contributed by atoms with Crippen LogP contribution in [0.1, 0.15) is 16.1 Å². The highest BCUT2D eigenvalue weighted by Crippen LogP contribution is 2.15. The van der Waals surface area contributed by atoms with Gasteiger partial charge < -0.3 is 15.1 Å². The largest absolute Gasteiger partial charge is 0.459 e. The molecule has 0 radical (unpaired) electrons. The number of nitrogens with zero attached hydrogens (tertiary/aromatic N) is 1. The number of hydrogen-bond acceptors (Lipinski definition) is 4. The number of aromatic nitrogens is 1. The Morgan fingerprint density at radius 3 is 2.55 bits per heavy atom. The van der Waals surface area contributed by atoms with Crippen LogP contribution in [0, 0.1) is 0 Å². The number of anilines is 2. The van der Waals surface area contributed by atoms with E-state index in [1.54, 1.807) is 18.3 Å². The van der Waals surface area contributed by atoms with Crippen LogP contribution in [0.5, 0.6) is 0 Å². The van der Waals surface area contributed by atoms with Crippen LogP contribution in [0.2, 0.25) is 0 Å². The molecule has 0 spiro atoms. The molecule has 0 aliphatic carbocycles. The van der Waals surface area contributed by atoms with Crippen molar-refractivity contribution < 1.29 is 9.21 Å². The van der Waals surface area contributed by atoms with Crippen LogP contribution in [0.4, 0.5) is 11.4 Å². The molecule has 2 N–H and O–H groups in total. The van der Waals surface area contributed by atoms with Gasteiger partial charge in [0.05, 0.1) is 6.26 Å². The van der Waals surface area contributed by atoms with E-state index in [4.69, 9.17) is 4.42 Å². The van der Waals surface area contributed by atoms with Crippen LogP contribution in [0.15, 0.2) is 71.6 Å². The first-order valence-electron chi connectivity index (χ1n) is 6.89. The molecule has 110 valence electrons. The summed E-state index contributed by atoms with van der Waals surface area (Å²) in [6.45, 7) is 0.700. The van der Waals surface area contributed by atoms with Gasteiger partial charge in [0, 0.05) is 30.3 Å². The minimum atomic E-state index is -0.263. The maximum absolute atomic E-state index is 11.8. The van der Waals surface area contributed by atoms with E-state index < -0.39 is 0 Å². The SMILES string of the molecule is O=C(Nc1ccc(NCc2cccnc2)cc1)c1ccco1. The second-order valence-electron chi connectivity index (χ2n) is 4.72. The number of hydrogen-bond donors (Lipinski definition) is 2. The second-order valence-corrected chi connectivity index (χ2v) is 4.72. The topological polar surface area (TPSA) is 67.2 Å². The van der Waals surface area contributed by atoms with Gasteiger partial charge in [-0.25, -0.2) is 0 Å². The average molecular weight is 293 g/mol. The molecule has 0 saturated carbocycles. The van der Waals surface area contributed by atoms with Crippen LogP contribution >= 0.6 is 0 Å². The van der Waals surface area contributed by atoms with Crippen molar-refractivity contribution in [3.8, 4) is 0 Å². The molecule has 0 aliphatic rings. The zero-order valence-electron chi connectivity index (χ0n) is 11.8. The molecule has 22 heavy (non-hydrogen) atoms. The normalized spacial score (nSPS) is 10.2. The van der Waals surface area contributed by atoms with Gasteiger partial charge in [-0.1, -0.05) is 6.07 Å². The maximum Gasteiger partial charge on any atom is 0.291 e. The third-order valence-electron chi connectivity index (χ3n) is 3.11. The lowest BCUT2D eigenvalue weighted by atomic mass is 10.2. The number of carbonyl (C=O) groups excluding carboxylic acids is 1. The van der Waals surface area contributed by atoms with E-state index in [1.807, 2.05) is 42.6 Å². The Labute approximate surface area is 128 Å². The lowest BCUT2D eigenvalue weighted by Crippen LogP contribution is -2.10. The molecule has 5 heteroatoms. The summed E-state index contributed by atoms with van der Waals surface area (Å²) >= 11 is 0. The molecule has 0 atom stereocenters. The highest BCUT2D eigenvalue weighted by atomic mass is 16.3. The van der Waals surface area contributed by atoms with Crippen molar-refractivity contribution in [2.24, 2.45) is 0 Å². The number of benzene rings is 1. The molecular weight excluding hydrogens is 278 g/mol. The summed E-state index contributed by atoms with van der Waals surface area (Å²) in [7, 11) is 0. The van der Waals surface area contributed by atoms with Crippen molar-refractivity contribution in [2.75, 3.05) is 10.6 Å². The van der Waals surface area contributed by atoms with Gasteiger partial charge in [-0.2, -0.15) is 0 Å². The average Bonchev–Trinajstić information content (AvgIpc) is 3.10. The molecule has 1 aromatic carbocycles. The third-order valence-corrected chi connectivity index (χ3v) is 3.11. The quantitative estimate of drug-likeness (QED) is 0.755. The number of nitrogens with one attached hydrogen (secondary N) is 2. The van der Waals surface area contributed by atoms with Crippen molar-refractivity contribution in [2.45, 2.75) is 6.54 Å². The summed E-state index contributed by atoms with van der Waals surface area (Å²) in [5.41, 5.74) is 2.80. The highest BCUT2D eigenvalue weighted by Gasteiger charge is 2.08. The third kappa shape index (κ3) is 3.52. The standard InChI is InChI=1S/C17H15N3O2/c21-17(16-4-2-10-22-16)20-15-7-5-14(6-8-15)19-12-13-3-1-9-18-11-13/h1-11,19H,12H2,(H,20,21). The van der Waals surface area contributed by atoms with E-state index in [0.717, 1.165) is 11.3 Å². The van der Waals surface area contributed by atoms with Gasteiger partial charge in [0.1, 0.15) is 0 Å². The Morgan fingerprint density at radius 1 is 1.05 bits per heavy atom. The predicted molar refractivity (Wildman–Crippen MR) is 84.7 cm³/mol. The zero-order valence-corrected chi connectivity index (χ0v) is 11.8. The van der Waals surface area contributed by atoms with Crippen molar-refractivity contribution in [3.63, 3.8) is 0 Å². The molecule has 1 amide bonds. The Kier molecular flexibility index (Phi) is 4.15. The summed E-state index contributed by atoms with van der Waals surface area (Å²) in [4.78, 5) is 15.9. The summed E-state index contributed by atoms with van der Waals surface area (Å²) in [6.07, 6.45) is 5.05. The van der Waals surface area contributed by atoms with Gasteiger partial charge in [-0.05, 0) is 48.0 Å². The summed E-state index contributed by atoms with van der Waals surface area (Å²) < 4.78 is 5.05. The Bertz CT molecular complexity index is 722. The molecule has 5 nitrogen and oxygen atoms in total. The molecular formula is C17H15N3O2. The first kappa shape index (κ1) is 13.9. The second kappa shape index (κ2) is 6.58. The summed E-state index contributed by atoms with van der Waals surface area (Å²) in [5, 5.41) is 6.07. The summed E-state index contributed by atoms with van der Waals surface area (Å²) in [6, 6.07) is 14.7. The van der Waals surface area contributed by atoms with Gasteiger partial charge >= 0.3 is 0 Å². The van der Waals surface area contributed by atoms with E-state index in [2.05, 4.69) is 15.6 Å². The minimum absolute atomic E-state index is 0.263. The van der Waals surface area contributed by atoms with E-state index in [0.29, 0.717) is 18.0 Å². The Morgan fingerprint density at radius 2 is 1.86 bits per heavy atom. The Balaban J connectivity index is 1.57. The molecule has 0 aliphatic heterocycles. The van der Waals surface area contributed by atoms with Gasteiger partial charge in [-0.3, -0.25) is 9.78 Å². The fraction of sp³-hybridized carbons (Fsp3) is 0.0588. The first-order valence-corrected chi connectivity index (χ1v) is 6.89. The zero-order chi connectivity index (χ0) is 15.2. The maximum atomic E-state index is 11.8. The number of furan rings is 1. The molecule has 0 saturated heterocycles. The predicted octanol–water partition coefficient (Wildman–Crippen LogP) is 3.54. The van der Waals surface area contributed by atoms with Crippen molar-refractivity contribution >= 4 is 17.3 Å². The fourth-order valence-corrected chi connectivity index (χ4v) is 1.98. The molecule has 2 aromatic heterocycles. The number of rotatable bonds is 5. The highest BCUT2D eigenvalue weighted by molar-refractivity contribution is 6.02. The van der Waals surface area contributed by atoms with Crippen LogP contribution in [-0.4, -0.2) is 10.9 Å².